The van der Waals surface area contributed by atoms with Crippen LogP contribution in [0.5, 0.6) is 0 Å². The van der Waals surface area contributed by atoms with Gasteiger partial charge in [0.2, 0.25) is 0 Å². The average Bonchev–Trinajstić information content (AvgIpc) is 2.15. The van der Waals surface area contributed by atoms with Crippen LogP contribution >= 0.6 is 0 Å². The van der Waals surface area contributed by atoms with Crippen LogP contribution in [0.2, 0.25) is 0 Å². The summed E-state index contributed by atoms with van der Waals surface area (Å²) in [5.74, 6) is 0. The van der Waals surface area contributed by atoms with Crippen LogP contribution < -0.4 is 11.1 Å². The number of hydrogen-bond donors (Lipinski definition) is 2. The summed E-state index contributed by atoms with van der Waals surface area (Å²) in [6.07, 6.45) is 4.86. The summed E-state index contributed by atoms with van der Waals surface area (Å²) in [6, 6.07) is 1.02. The minimum absolute atomic E-state index is 0.219. The second-order valence-electron chi connectivity index (χ2n) is 5.60. The van der Waals surface area contributed by atoms with Crippen LogP contribution in [-0.2, 0) is 4.74 Å². The first kappa shape index (κ1) is 12.9. The first-order valence-electron chi connectivity index (χ1n) is 6.01. The van der Waals surface area contributed by atoms with Gasteiger partial charge in [-0.1, -0.05) is 20.3 Å². The van der Waals surface area contributed by atoms with Crippen molar-refractivity contribution in [2.45, 2.75) is 51.6 Å². The number of methoxy groups -OCH3 is 1. The number of hydrogen-bond acceptors (Lipinski definition) is 3. The first-order valence-corrected chi connectivity index (χ1v) is 6.01. The van der Waals surface area contributed by atoms with Crippen LogP contribution in [0.3, 0.4) is 0 Å². The standard InChI is InChI=1S/C12H26N2O/c1-12(2,9-15-3)8-14-11-6-4-5-10(13)7-11/h10-11,14H,4-9,13H2,1-3H3. The maximum Gasteiger partial charge on any atom is 0.0525 e. The third-order valence-corrected chi connectivity index (χ3v) is 3.12. The lowest BCUT2D eigenvalue weighted by Gasteiger charge is -2.31. The first-order chi connectivity index (χ1) is 7.03. The van der Waals surface area contributed by atoms with Gasteiger partial charge in [-0.25, -0.2) is 0 Å². The number of rotatable bonds is 5. The predicted molar refractivity (Wildman–Crippen MR) is 63.9 cm³/mol. The smallest absolute Gasteiger partial charge is 0.0525 e. The quantitative estimate of drug-likeness (QED) is 0.729. The molecule has 0 radical (unpaired) electrons. The highest BCUT2D eigenvalue weighted by Gasteiger charge is 2.22. The minimum Gasteiger partial charge on any atom is -0.384 e. The second-order valence-corrected chi connectivity index (χ2v) is 5.60. The molecule has 0 aliphatic heterocycles. The molecule has 0 aromatic heterocycles. The van der Waals surface area contributed by atoms with Crippen LogP contribution in [-0.4, -0.2) is 32.3 Å². The molecule has 90 valence electrons. The summed E-state index contributed by atoms with van der Waals surface area (Å²) in [5.41, 5.74) is 6.18. The van der Waals surface area contributed by atoms with Crippen molar-refractivity contribution in [3.8, 4) is 0 Å². The Balaban J connectivity index is 2.23. The van der Waals surface area contributed by atoms with E-state index in [1.807, 2.05) is 0 Å². The van der Waals surface area contributed by atoms with Gasteiger partial charge in [-0.2, -0.15) is 0 Å². The van der Waals surface area contributed by atoms with E-state index in [0.29, 0.717) is 12.1 Å². The average molecular weight is 214 g/mol. The molecule has 2 unspecified atom stereocenters. The van der Waals surface area contributed by atoms with E-state index in [0.717, 1.165) is 19.6 Å². The Labute approximate surface area is 93.8 Å². The maximum absolute atomic E-state index is 5.96. The number of nitrogens with one attached hydrogen (secondary N) is 1. The molecular weight excluding hydrogens is 188 g/mol. The monoisotopic (exact) mass is 214 g/mol. The van der Waals surface area contributed by atoms with Crippen LogP contribution in [0.15, 0.2) is 0 Å². The summed E-state index contributed by atoms with van der Waals surface area (Å²) in [7, 11) is 1.76. The Morgan fingerprint density at radius 2 is 2.13 bits per heavy atom. The maximum atomic E-state index is 5.96. The Bertz CT molecular complexity index is 182. The molecule has 0 aromatic carbocycles. The molecular formula is C12H26N2O. The van der Waals surface area contributed by atoms with Gasteiger partial charge in [0.25, 0.3) is 0 Å². The lowest BCUT2D eigenvalue weighted by Crippen LogP contribution is -2.44. The highest BCUT2D eigenvalue weighted by Crippen LogP contribution is 2.19. The van der Waals surface area contributed by atoms with E-state index in [2.05, 4.69) is 19.2 Å². The van der Waals surface area contributed by atoms with Crippen molar-refractivity contribution in [3.63, 3.8) is 0 Å². The minimum atomic E-state index is 0.219. The predicted octanol–water partition coefficient (Wildman–Crippen LogP) is 1.52. The van der Waals surface area contributed by atoms with Crippen LogP contribution in [0.1, 0.15) is 39.5 Å². The van der Waals surface area contributed by atoms with Crippen molar-refractivity contribution in [2.75, 3.05) is 20.3 Å². The molecule has 0 spiro atoms. The summed E-state index contributed by atoms with van der Waals surface area (Å²) < 4.78 is 5.20. The van der Waals surface area contributed by atoms with Gasteiger partial charge in [0.1, 0.15) is 0 Å². The summed E-state index contributed by atoms with van der Waals surface area (Å²) in [6.45, 7) is 6.27. The molecule has 1 aliphatic carbocycles. The van der Waals surface area contributed by atoms with Crippen molar-refractivity contribution in [3.05, 3.63) is 0 Å². The normalized spacial score (nSPS) is 28.0. The van der Waals surface area contributed by atoms with Crippen LogP contribution in [0.4, 0.5) is 0 Å². The van der Waals surface area contributed by atoms with Crippen molar-refractivity contribution in [1.82, 2.24) is 5.32 Å². The topological polar surface area (TPSA) is 47.3 Å². The molecule has 0 bridgehead atoms. The third kappa shape index (κ3) is 4.96. The largest absolute Gasteiger partial charge is 0.384 e. The van der Waals surface area contributed by atoms with E-state index in [4.69, 9.17) is 10.5 Å². The summed E-state index contributed by atoms with van der Waals surface area (Å²) in [5, 5.41) is 3.62. The zero-order chi connectivity index (χ0) is 11.3. The van der Waals surface area contributed by atoms with Gasteiger partial charge < -0.3 is 15.8 Å². The van der Waals surface area contributed by atoms with Gasteiger partial charge in [0, 0.05) is 31.2 Å². The Kier molecular flexibility index (Phi) is 5.03. The van der Waals surface area contributed by atoms with Crippen molar-refractivity contribution in [1.29, 1.82) is 0 Å². The van der Waals surface area contributed by atoms with Gasteiger partial charge in [0.05, 0.1) is 6.61 Å². The molecule has 1 rings (SSSR count). The van der Waals surface area contributed by atoms with Gasteiger partial charge in [-0.15, -0.1) is 0 Å². The fourth-order valence-corrected chi connectivity index (χ4v) is 2.28. The number of nitrogens with two attached hydrogens (primary N) is 1. The molecule has 0 aromatic rings. The Hall–Kier alpha value is -0.120. The lowest BCUT2D eigenvalue weighted by atomic mass is 9.89. The van der Waals surface area contributed by atoms with Crippen molar-refractivity contribution in [2.24, 2.45) is 11.1 Å². The van der Waals surface area contributed by atoms with Gasteiger partial charge in [0.15, 0.2) is 0 Å². The van der Waals surface area contributed by atoms with E-state index in [9.17, 15) is 0 Å². The Morgan fingerprint density at radius 3 is 2.73 bits per heavy atom. The Morgan fingerprint density at radius 1 is 1.40 bits per heavy atom. The lowest BCUT2D eigenvalue weighted by molar-refractivity contribution is 0.0994. The van der Waals surface area contributed by atoms with E-state index in [-0.39, 0.29) is 5.41 Å². The molecule has 1 aliphatic rings. The van der Waals surface area contributed by atoms with E-state index >= 15 is 0 Å². The molecule has 0 amide bonds. The fraction of sp³-hybridized carbons (Fsp3) is 1.00. The number of ether oxygens (including phenoxy) is 1. The molecule has 3 heteroatoms. The van der Waals surface area contributed by atoms with Crippen LogP contribution in [0.25, 0.3) is 0 Å². The second kappa shape index (κ2) is 5.83. The van der Waals surface area contributed by atoms with Crippen molar-refractivity contribution < 1.29 is 4.74 Å². The summed E-state index contributed by atoms with van der Waals surface area (Å²) >= 11 is 0. The molecule has 1 saturated carbocycles. The molecule has 1 fully saturated rings. The summed E-state index contributed by atoms with van der Waals surface area (Å²) in [4.78, 5) is 0. The zero-order valence-electron chi connectivity index (χ0n) is 10.4. The highest BCUT2D eigenvalue weighted by molar-refractivity contribution is 4.82. The van der Waals surface area contributed by atoms with E-state index in [1.165, 1.54) is 19.3 Å². The molecule has 3 N–H and O–H groups in total. The van der Waals surface area contributed by atoms with Gasteiger partial charge >= 0.3 is 0 Å². The third-order valence-electron chi connectivity index (χ3n) is 3.12. The van der Waals surface area contributed by atoms with E-state index in [1.54, 1.807) is 7.11 Å². The molecule has 2 atom stereocenters. The SMILES string of the molecule is COCC(C)(C)CNC1CCCC(N)C1. The zero-order valence-corrected chi connectivity index (χ0v) is 10.4. The van der Waals surface area contributed by atoms with Crippen LogP contribution in [0, 0.1) is 5.41 Å². The molecule has 15 heavy (non-hydrogen) atoms. The highest BCUT2D eigenvalue weighted by atomic mass is 16.5. The molecule has 3 nitrogen and oxygen atoms in total. The molecule has 0 saturated heterocycles. The van der Waals surface area contributed by atoms with Gasteiger partial charge in [-0.3, -0.25) is 0 Å². The fourth-order valence-electron chi connectivity index (χ4n) is 2.28. The van der Waals surface area contributed by atoms with Gasteiger partial charge in [-0.05, 0) is 19.3 Å². The molecule has 0 heterocycles. The van der Waals surface area contributed by atoms with Crippen molar-refractivity contribution >= 4 is 0 Å². The van der Waals surface area contributed by atoms with E-state index < -0.39 is 0 Å².